The number of rotatable bonds is 7. The van der Waals surface area contributed by atoms with Gasteiger partial charge in [-0.25, -0.2) is 0 Å². The van der Waals surface area contributed by atoms with E-state index in [9.17, 15) is 4.79 Å². The van der Waals surface area contributed by atoms with Gasteiger partial charge in [-0.2, -0.15) is 0 Å². The van der Waals surface area contributed by atoms with Gasteiger partial charge in [0.05, 0.1) is 26.2 Å². The topological polar surface area (TPSA) is 38.0 Å². The number of carbonyl (C=O) groups excluding carboxylic acids is 1. The molecule has 3 atom stereocenters. The molecule has 0 spiro atoms. The highest BCUT2D eigenvalue weighted by atomic mass is 79.9. The summed E-state index contributed by atoms with van der Waals surface area (Å²) in [4.78, 5) is 15.1. The van der Waals surface area contributed by atoms with Crippen molar-refractivity contribution in [3.63, 3.8) is 0 Å². The van der Waals surface area contributed by atoms with Gasteiger partial charge < -0.3 is 15.1 Å². The minimum absolute atomic E-state index is 0.158. The van der Waals surface area contributed by atoms with Gasteiger partial charge in [0.1, 0.15) is 13.1 Å². The summed E-state index contributed by atoms with van der Waals surface area (Å²) in [6.45, 7) is 4.56. The minimum Gasteiger partial charge on any atom is -0.343 e. The van der Waals surface area contributed by atoms with E-state index in [0.717, 1.165) is 37.1 Å². The zero-order chi connectivity index (χ0) is 18.4. The van der Waals surface area contributed by atoms with Crippen molar-refractivity contribution in [3.8, 4) is 0 Å². The molecule has 2 unspecified atom stereocenters. The lowest BCUT2D eigenvalue weighted by Gasteiger charge is -2.17. The second kappa shape index (κ2) is 9.31. The largest absolute Gasteiger partial charge is 0.343 e. The Labute approximate surface area is 164 Å². The molecule has 5 heteroatoms. The molecule has 0 bridgehead atoms. The van der Waals surface area contributed by atoms with E-state index in [0.29, 0.717) is 12.6 Å². The fraction of sp³-hybridized carbons (Fsp3) is 0.381. The minimum atomic E-state index is 0.158. The van der Waals surface area contributed by atoms with E-state index in [2.05, 4.69) is 70.8 Å². The third-order valence-corrected chi connectivity index (χ3v) is 5.45. The lowest BCUT2D eigenvalue weighted by atomic mass is 10.2. The Hall–Kier alpha value is -1.69. The van der Waals surface area contributed by atoms with Crippen LogP contribution in [0.1, 0.15) is 17.5 Å². The Morgan fingerprint density at radius 2 is 1.88 bits per heavy atom. The van der Waals surface area contributed by atoms with E-state index < -0.39 is 0 Å². The Bertz CT molecular complexity index is 705. The van der Waals surface area contributed by atoms with Crippen molar-refractivity contribution in [1.29, 1.82) is 0 Å². The SMILES string of the molecule is C[NH+](CC(=O)N[C@H]1CC[NH+](Cc2ccccc2)C1)Cc1ccc(Br)cc1. The second-order valence-corrected chi connectivity index (χ2v) is 8.27. The summed E-state index contributed by atoms with van der Waals surface area (Å²) < 4.78 is 1.08. The molecule has 1 aliphatic heterocycles. The fourth-order valence-corrected chi connectivity index (χ4v) is 3.93. The first-order valence-electron chi connectivity index (χ1n) is 9.31. The summed E-state index contributed by atoms with van der Waals surface area (Å²) in [7, 11) is 2.07. The fourth-order valence-electron chi connectivity index (χ4n) is 3.67. The van der Waals surface area contributed by atoms with Crippen molar-refractivity contribution < 1.29 is 14.6 Å². The summed E-state index contributed by atoms with van der Waals surface area (Å²) in [6, 6.07) is 19.2. The van der Waals surface area contributed by atoms with Gasteiger partial charge in [-0.15, -0.1) is 0 Å². The molecule has 1 amide bonds. The van der Waals surface area contributed by atoms with E-state index >= 15 is 0 Å². The summed E-state index contributed by atoms with van der Waals surface area (Å²) in [5.41, 5.74) is 2.62. The second-order valence-electron chi connectivity index (χ2n) is 7.36. The highest BCUT2D eigenvalue weighted by molar-refractivity contribution is 9.10. The molecule has 0 aromatic heterocycles. The lowest BCUT2D eigenvalue weighted by molar-refractivity contribution is -0.901. The maximum Gasteiger partial charge on any atom is 0.275 e. The number of hydrogen-bond acceptors (Lipinski definition) is 1. The van der Waals surface area contributed by atoms with Crippen LogP contribution in [0.15, 0.2) is 59.1 Å². The van der Waals surface area contributed by atoms with Crippen LogP contribution in [0.3, 0.4) is 0 Å². The summed E-state index contributed by atoms with van der Waals surface area (Å²) in [5, 5.41) is 3.23. The third kappa shape index (κ3) is 5.94. The maximum atomic E-state index is 12.4. The molecule has 3 N–H and O–H groups in total. The van der Waals surface area contributed by atoms with Crippen LogP contribution in [0, 0.1) is 0 Å². The number of hydrogen-bond donors (Lipinski definition) is 3. The Morgan fingerprint density at radius 1 is 1.15 bits per heavy atom. The Balaban J connectivity index is 1.40. The van der Waals surface area contributed by atoms with Crippen LogP contribution in [0.25, 0.3) is 0 Å². The van der Waals surface area contributed by atoms with Crippen LogP contribution in [0.4, 0.5) is 0 Å². The van der Waals surface area contributed by atoms with Crippen molar-refractivity contribution in [3.05, 3.63) is 70.2 Å². The van der Waals surface area contributed by atoms with Gasteiger partial charge in [0.15, 0.2) is 6.54 Å². The first-order chi connectivity index (χ1) is 12.6. The van der Waals surface area contributed by atoms with E-state index in [1.165, 1.54) is 16.0 Å². The van der Waals surface area contributed by atoms with Gasteiger partial charge in [-0.3, -0.25) is 4.79 Å². The predicted molar refractivity (Wildman–Crippen MR) is 107 cm³/mol. The molecule has 1 heterocycles. The number of likely N-dealkylation sites (tertiary alicyclic amines) is 1. The van der Waals surface area contributed by atoms with Gasteiger partial charge in [-0.1, -0.05) is 58.4 Å². The summed E-state index contributed by atoms with van der Waals surface area (Å²) >= 11 is 3.45. The average Bonchev–Trinajstić information content (AvgIpc) is 3.04. The first kappa shape index (κ1) is 19.1. The molecular weight excluding hydrogens is 390 g/mol. The van der Waals surface area contributed by atoms with Crippen LogP contribution >= 0.6 is 15.9 Å². The quantitative estimate of drug-likeness (QED) is 0.600. The molecule has 26 heavy (non-hydrogen) atoms. The zero-order valence-electron chi connectivity index (χ0n) is 15.3. The number of likely N-dealkylation sites (N-methyl/N-ethyl adjacent to an activating group) is 1. The standard InChI is InChI=1S/C21H26BrN3O/c1-24(13-18-7-9-19(22)10-8-18)16-21(26)23-20-11-12-25(15-20)14-17-5-3-2-4-6-17/h2-10,20H,11-16H2,1H3,(H,23,26)/p+2/t20-/m0/s1. The van der Waals surface area contributed by atoms with Crippen molar-refractivity contribution in [1.82, 2.24) is 5.32 Å². The van der Waals surface area contributed by atoms with E-state index in [1.807, 2.05) is 12.1 Å². The normalized spacial score (nSPS) is 20.7. The first-order valence-corrected chi connectivity index (χ1v) is 10.1. The lowest BCUT2D eigenvalue weighted by Crippen LogP contribution is -3.09. The van der Waals surface area contributed by atoms with Gasteiger partial charge in [0.2, 0.25) is 0 Å². The smallest absolute Gasteiger partial charge is 0.275 e. The molecule has 1 fully saturated rings. The third-order valence-electron chi connectivity index (χ3n) is 4.92. The number of carbonyl (C=O) groups is 1. The highest BCUT2D eigenvalue weighted by Crippen LogP contribution is 2.09. The molecule has 0 aliphatic carbocycles. The molecule has 1 aliphatic rings. The summed E-state index contributed by atoms with van der Waals surface area (Å²) in [5.74, 6) is 0.158. The molecule has 2 aromatic rings. The average molecular weight is 418 g/mol. The van der Waals surface area contributed by atoms with Crippen LogP contribution in [-0.2, 0) is 17.9 Å². The van der Waals surface area contributed by atoms with Crippen LogP contribution in [-0.4, -0.2) is 38.6 Å². The van der Waals surface area contributed by atoms with E-state index in [-0.39, 0.29) is 5.91 Å². The maximum absolute atomic E-state index is 12.4. The zero-order valence-corrected chi connectivity index (χ0v) is 16.9. The monoisotopic (exact) mass is 417 g/mol. The number of nitrogens with one attached hydrogen (secondary N) is 3. The molecule has 0 radical (unpaired) electrons. The van der Waals surface area contributed by atoms with Gasteiger partial charge >= 0.3 is 0 Å². The van der Waals surface area contributed by atoms with Gasteiger partial charge in [0.25, 0.3) is 5.91 Å². The highest BCUT2D eigenvalue weighted by Gasteiger charge is 2.28. The van der Waals surface area contributed by atoms with Crippen LogP contribution in [0.2, 0.25) is 0 Å². The molecule has 2 aromatic carbocycles. The van der Waals surface area contributed by atoms with Gasteiger partial charge in [0, 0.05) is 22.0 Å². The van der Waals surface area contributed by atoms with Crippen LogP contribution in [0.5, 0.6) is 0 Å². The van der Waals surface area contributed by atoms with Crippen molar-refractivity contribution >= 4 is 21.8 Å². The molecule has 3 rings (SSSR count). The van der Waals surface area contributed by atoms with Crippen molar-refractivity contribution in [2.45, 2.75) is 25.6 Å². The molecule has 138 valence electrons. The van der Waals surface area contributed by atoms with E-state index in [4.69, 9.17) is 0 Å². The number of benzene rings is 2. The Kier molecular flexibility index (Phi) is 6.83. The number of quaternary nitrogens is 2. The molecule has 4 nitrogen and oxygen atoms in total. The number of amides is 1. The summed E-state index contributed by atoms with van der Waals surface area (Å²) in [6.07, 6.45) is 1.07. The number of halogens is 1. The van der Waals surface area contributed by atoms with Crippen LogP contribution < -0.4 is 15.1 Å². The predicted octanol–water partition coefficient (Wildman–Crippen LogP) is 0.437. The Morgan fingerprint density at radius 3 is 2.62 bits per heavy atom. The van der Waals surface area contributed by atoms with Crippen molar-refractivity contribution in [2.24, 2.45) is 0 Å². The molecule has 0 saturated carbocycles. The molecule has 1 saturated heterocycles. The molecular formula is C21H28BrN3O+2. The van der Waals surface area contributed by atoms with E-state index in [1.54, 1.807) is 4.90 Å². The van der Waals surface area contributed by atoms with Gasteiger partial charge in [-0.05, 0) is 12.1 Å². The van der Waals surface area contributed by atoms with Crippen molar-refractivity contribution in [2.75, 3.05) is 26.7 Å².